The number of nitrogens with zero attached hydrogens (tertiary/aromatic N) is 3. The highest BCUT2D eigenvalue weighted by molar-refractivity contribution is 8.00. The van der Waals surface area contributed by atoms with Crippen molar-refractivity contribution in [1.82, 2.24) is 4.98 Å². The highest BCUT2D eigenvalue weighted by Gasteiger charge is 2.28. The zero-order valence-corrected chi connectivity index (χ0v) is 21.3. The van der Waals surface area contributed by atoms with E-state index in [0.29, 0.717) is 23.4 Å². The molecule has 2 aromatic rings. The fourth-order valence-corrected chi connectivity index (χ4v) is 5.65. The molecule has 0 atom stereocenters. The SMILES string of the molecule is CCOC(=O)c1sc(NC(=O)CSc2nc3c(c(C(=O)OCC)c2C#N)CCCC3)c(C#N)c1C. The minimum absolute atomic E-state index is 0.108. The molecule has 1 amide bonds. The second-order valence-corrected chi connectivity index (χ2v) is 9.55. The number of thiophene rings is 1. The zero-order valence-electron chi connectivity index (χ0n) is 19.6. The van der Waals surface area contributed by atoms with Gasteiger partial charge in [0.25, 0.3) is 0 Å². The molecule has 1 N–H and O–H groups in total. The van der Waals surface area contributed by atoms with Gasteiger partial charge < -0.3 is 14.8 Å². The number of hydrogen-bond acceptors (Lipinski definition) is 10. The zero-order chi connectivity index (χ0) is 25.5. The molecule has 0 aliphatic heterocycles. The topological polar surface area (TPSA) is 142 Å². The Morgan fingerprint density at radius 2 is 1.71 bits per heavy atom. The van der Waals surface area contributed by atoms with Gasteiger partial charge in [-0.3, -0.25) is 4.79 Å². The van der Waals surface area contributed by atoms with Crippen LogP contribution in [0.4, 0.5) is 5.00 Å². The largest absolute Gasteiger partial charge is 0.462 e. The van der Waals surface area contributed by atoms with Gasteiger partial charge in [0.15, 0.2) is 0 Å². The Balaban J connectivity index is 1.85. The molecular formula is C24H24N4O5S2. The van der Waals surface area contributed by atoms with Crippen LogP contribution in [0.3, 0.4) is 0 Å². The van der Waals surface area contributed by atoms with Crippen molar-refractivity contribution in [2.75, 3.05) is 24.3 Å². The molecule has 0 spiro atoms. The summed E-state index contributed by atoms with van der Waals surface area (Å²) < 4.78 is 10.2. The highest BCUT2D eigenvalue weighted by atomic mass is 32.2. The van der Waals surface area contributed by atoms with Crippen LogP contribution in [0, 0.1) is 29.6 Å². The van der Waals surface area contributed by atoms with Crippen molar-refractivity contribution < 1.29 is 23.9 Å². The summed E-state index contributed by atoms with van der Waals surface area (Å²) in [6, 6.07) is 4.09. The molecule has 2 aromatic heterocycles. The van der Waals surface area contributed by atoms with Gasteiger partial charge >= 0.3 is 11.9 Å². The highest BCUT2D eigenvalue weighted by Crippen LogP contribution is 2.35. The summed E-state index contributed by atoms with van der Waals surface area (Å²) in [6.45, 7) is 5.38. The number of amides is 1. The number of pyridine rings is 1. The van der Waals surface area contributed by atoms with E-state index in [-0.39, 0.29) is 45.5 Å². The second-order valence-electron chi connectivity index (χ2n) is 7.56. The van der Waals surface area contributed by atoms with Crippen LogP contribution < -0.4 is 5.32 Å². The maximum atomic E-state index is 12.7. The molecule has 0 bridgehead atoms. The van der Waals surface area contributed by atoms with Gasteiger partial charge in [-0.2, -0.15) is 10.5 Å². The van der Waals surface area contributed by atoms with Gasteiger partial charge in [-0.15, -0.1) is 11.3 Å². The van der Waals surface area contributed by atoms with E-state index in [1.165, 1.54) is 0 Å². The number of rotatable bonds is 8. The minimum Gasteiger partial charge on any atom is -0.462 e. The van der Waals surface area contributed by atoms with E-state index in [9.17, 15) is 24.9 Å². The molecule has 0 saturated carbocycles. The van der Waals surface area contributed by atoms with Crippen molar-refractivity contribution in [3.8, 4) is 12.1 Å². The van der Waals surface area contributed by atoms with Crippen LogP contribution in [0.15, 0.2) is 5.03 Å². The monoisotopic (exact) mass is 512 g/mol. The smallest absolute Gasteiger partial charge is 0.348 e. The molecular weight excluding hydrogens is 488 g/mol. The third kappa shape index (κ3) is 5.64. The standard InChI is InChI=1S/C24H24N4O5S2/c1-4-32-23(30)19-14-8-6-7-9-17(14)27-21(16(19)11-26)34-12-18(29)28-22-15(10-25)13(3)20(35-22)24(31)33-5-2/h4-9,12H2,1-3H3,(H,28,29). The third-order valence-electron chi connectivity index (χ3n) is 5.34. The molecule has 2 heterocycles. The number of hydrogen-bond donors (Lipinski definition) is 1. The number of anilines is 1. The average molecular weight is 513 g/mol. The molecule has 0 unspecified atom stereocenters. The summed E-state index contributed by atoms with van der Waals surface area (Å²) in [4.78, 5) is 42.4. The first-order chi connectivity index (χ1) is 16.9. The van der Waals surface area contributed by atoms with Crippen LogP contribution in [-0.2, 0) is 27.1 Å². The summed E-state index contributed by atoms with van der Waals surface area (Å²) in [5.74, 6) is -1.66. The molecule has 35 heavy (non-hydrogen) atoms. The molecule has 0 saturated heterocycles. The van der Waals surface area contributed by atoms with Crippen LogP contribution in [0.5, 0.6) is 0 Å². The van der Waals surface area contributed by atoms with Crippen LogP contribution in [0.25, 0.3) is 0 Å². The Kier molecular flexibility index (Phi) is 8.85. The summed E-state index contributed by atoms with van der Waals surface area (Å²) in [5, 5.41) is 22.6. The van der Waals surface area contributed by atoms with Crippen molar-refractivity contribution in [2.45, 2.75) is 51.5 Å². The van der Waals surface area contributed by atoms with Crippen LogP contribution in [-0.4, -0.2) is 41.8 Å². The lowest BCUT2D eigenvalue weighted by Crippen LogP contribution is -2.19. The van der Waals surface area contributed by atoms with Crippen LogP contribution in [0.2, 0.25) is 0 Å². The van der Waals surface area contributed by atoms with Crippen molar-refractivity contribution in [1.29, 1.82) is 10.5 Å². The van der Waals surface area contributed by atoms with E-state index < -0.39 is 17.8 Å². The molecule has 182 valence electrons. The summed E-state index contributed by atoms with van der Waals surface area (Å²) in [7, 11) is 0. The van der Waals surface area contributed by atoms with E-state index in [0.717, 1.165) is 47.2 Å². The molecule has 11 heteroatoms. The molecule has 0 fully saturated rings. The summed E-state index contributed by atoms with van der Waals surface area (Å²) >= 11 is 2.02. The number of nitrogens with one attached hydrogen (secondary N) is 1. The lowest BCUT2D eigenvalue weighted by atomic mass is 9.90. The lowest BCUT2D eigenvalue weighted by Gasteiger charge is -2.20. The number of aromatic nitrogens is 1. The number of esters is 2. The van der Waals surface area contributed by atoms with E-state index in [2.05, 4.69) is 16.4 Å². The lowest BCUT2D eigenvalue weighted by molar-refractivity contribution is -0.113. The number of carbonyl (C=O) groups excluding carboxylic acids is 3. The molecule has 9 nitrogen and oxygen atoms in total. The maximum absolute atomic E-state index is 12.7. The van der Waals surface area contributed by atoms with Gasteiger partial charge in [0.05, 0.1) is 35.7 Å². The van der Waals surface area contributed by atoms with Gasteiger partial charge in [0, 0.05) is 5.69 Å². The predicted molar refractivity (Wildman–Crippen MR) is 131 cm³/mol. The average Bonchev–Trinajstić information content (AvgIpc) is 3.16. The van der Waals surface area contributed by atoms with Gasteiger partial charge in [0.2, 0.25) is 5.91 Å². The Labute approximate surface area is 211 Å². The fraction of sp³-hybridized carbons (Fsp3) is 0.417. The van der Waals surface area contributed by atoms with E-state index >= 15 is 0 Å². The number of carbonyl (C=O) groups is 3. The third-order valence-corrected chi connectivity index (χ3v) is 7.51. The number of fused-ring (bicyclic) bond motifs is 1. The number of ether oxygens (including phenoxy) is 2. The maximum Gasteiger partial charge on any atom is 0.348 e. The van der Waals surface area contributed by atoms with Crippen molar-refractivity contribution in [2.24, 2.45) is 0 Å². The Morgan fingerprint density at radius 3 is 2.37 bits per heavy atom. The first-order valence-electron chi connectivity index (χ1n) is 11.1. The first kappa shape index (κ1) is 26.2. The number of nitriles is 2. The molecule has 0 aromatic carbocycles. The van der Waals surface area contributed by atoms with Crippen molar-refractivity contribution in [3.05, 3.63) is 38.4 Å². The van der Waals surface area contributed by atoms with Gasteiger partial charge in [-0.1, -0.05) is 11.8 Å². The van der Waals surface area contributed by atoms with Crippen LogP contribution in [0.1, 0.15) is 74.7 Å². The minimum atomic E-state index is -0.560. The van der Waals surface area contributed by atoms with Gasteiger partial charge in [-0.25, -0.2) is 14.6 Å². The number of thioether (sulfide) groups is 1. The molecule has 1 aliphatic carbocycles. The quantitative estimate of drug-likeness (QED) is 0.407. The molecule has 1 aliphatic rings. The van der Waals surface area contributed by atoms with E-state index in [1.54, 1.807) is 20.8 Å². The van der Waals surface area contributed by atoms with Crippen molar-refractivity contribution in [3.63, 3.8) is 0 Å². The van der Waals surface area contributed by atoms with E-state index in [1.807, 2.05) is 6.07 Å². The Morgan fingerprint density at radius 1 is 1.06 bits per heavy atom. The first-order valence-corrected chi connectivity index (χ1v) is 12.9. The predicted octanol–water partition coefficient (Wildman–Crippen LogP) is 4.16. The van der Waals surface area contributed by atoms with Crippen molar-refractivity contribution >= 4 is 45.9 Å². The van der Waals surface area contributed by atoms with Crippen LogP contribution >= 0.6 is 23.1 Å². The summed E-state index contributed by atoms with van der Waals surface area (Å²) in [5.41, 5.74) is 2.49. The Bertz CT molecular complexity index is 1260. The molecule has 0 radical (unpaired) electrons. The second kappa shape index (κ2) is 11.8. The summed E-state index contributed by atoms with van der Waals surface area (Å²) in [6.07, 6.45) is 3.16. The van der Waals surface area contributed by atoms with Gasteiger partial charge in [-0.05, 0) is 57.6 Å². The van der Waals surface area contributed by atoms with E-state index in [4.69, 9.17) is 9.47 Å². The fourth-order valence-electron chi connectivity index (χ4n) is 3.78. The Hall–Kier alpha value is -3.41. The molecule has 3 rings (SSSR count). The normalized spacial score (nSPS) is 12.1. The van der Waals surface area contributed by atoms with Gasteiger partial charge in [0.1, 0.15) is 27.0 Å². The number of aryl methyl sites for hydroxylation is 1.